The zero-order chi connectivity index (χ0) is 23.6. The number of benzene rings is 3. The molecule has 2 radical (unpaired) electrons. The third kappa shape index (κ3) is 6.94. The molecular formula is C28H25BF2O2. The number of ether oxygens (including phenoxy) is 2. The first-order chi connectivity index (χ1) is 16.0. The van der Waals surface area contributed by atoms with Crippen molar-refractivity contribution >= 4 is 18.9 Å². The van der Waals surface area contributed by atoms with Crippen LogP contribution in [0.3, 0.4) is 0 Å². The Balaban J connectivity index is 1.89. The topological polar surface area (TPSA) is 18.5 Å². The highest BCUT2D eigenvalue weighted by atomic mass is 19.1. The molecule has 0 aliphatic heterocycles. The van der Waals surface area contributed by atoms with E-state index in [2.05, 4.69) is 6.58 Å². The molecule has 3 aromatic rings. The molecule has 0 N–H and O–H groups in total. The Morgan fingerprint density at radius 2 is 1.36 bits per heavy atom. The lowest BCUT2D eigenvalue weighted by atomic mass is 9.92. The van der Waals surface area contributed by atoms with Crippen LogP contribution in [0.4, 0.5) is 8.78 Å². The van der Waals surface area contributed by atoms with E-state index in [0.29, 0.717) is 18.8 Å². The second kappa shape index (κ2) is 11.9. The minimum absolute atomic E-state index is 0.0000927. The SMILES string of the molecule is [B]c1cc(F)c(/C(=C/C=C(\CC)OCc2ccccc2)C(=C)OCc2ccccc2)c(F)c1. The van der Waals surface area contributed by atoms with Gasteiger partial charge in [-0.1, -0.05) is 79.6 Å². The second-order valence-corrected chi connectivity index (χ2v) is 7.40. The number of halogens is 2. The van der Waals surface area contributed by atoms with Crippen molar-refractivity contribution in [2.75, 3.05) is 0 Å². The molecule has 0 amide bonds. The largest absolute Gasteiger partial charge is 0.493 e. The lowest BCUT2D eigenvalue weighted by molar-refractivity contribution is 0.191. The van der Waals surface area contributed by atoms with Crippen LogP contribution in [0.25, 0.3) is 5.57 Å². The van der Waals surface area contributed by atoms with Gasteiger partial charge in [0, 0.05) is 12.0 Å². The first-order valence-electron chi connectivity index (χ1n) is 10.7. The molecule has 0 atom stereocenters. The fraction of sp³-hybridized carbons (Fsp3) is 0.143. The van der Waals surface area contributed by atoms with Gasteiger partial charge in [-0.05, 0) is 35.4 Å². The molecule has 0 aliphatic rings. The molecule has 0 saturated carbocycles. The van der Waals surface area contributed by atoms with Crippen molar-refractivity contribution in [2.45, 2.75) is 26.6 Å². The summed E-state index contributed by atoms with van der Waals surface area (Å²) < 4.78 is 41.2. The van der Waals surface area contributed by atoms with Gasteiger partial charge in [-0.25, -0.2) is 8.78 Å². The first kappa shape index (κ1) is 24.1. The smallest absolute Gasteiger partial charge is 0.133 e. The van der Waals surface area contributed by atoms with Crippen LogP contribution < -0.4 is 5.46 Å². The summed E-state index contributed by atoms with van der Waals surface area (Å²) in [5, 5.41) is 0. The van der Waals surface area contributed by atoms with Crippen LogP contribution in [0, 0.1) is 11.6 Å². The predicted octanol–water partition coefficient (Wildman–Crippen LogP) is 6.38. The maximum atomic E-state index is 14.8. The summed E-state index contributed by atoms with van der Waals surface area (Å²) >= 11 is 0. The summed E-state index contributed by atoms with van der Waals surface area (Å²) in [6.45, 7) is 6.46. The summed E-state index contributed by atoms with van der Waals surface area (Å²) in [5.74, 6) is -0.792. The summed E-state index contributed by atoms with van der Waals surface area (Å²) in [7, 11) is 5.59. The first-order valence-corrected chi connectivity index (χ1v) is 10.7. The van der Waals surface area contributed by atoms with Crippen LogP contribution in [0.5, 0.6) is 0 Å². The highest BCUT2D eigenvalue weighted by molar-refractivity contribution is 6.32. The molecule has 33 heavy (non-hydrogen) atoms. The molecule has 0 unspecified atom stereocenters. The van der Waals surface area contributed by atoms with Crippen LogP contribution >= 0.6 is 0 Å². The summed E-state index contributed by atoms with van der Waals surface area (Å²) in [6.07, 6.45) is 3.85. The third-order valence-corrected chi connectivity index (χ3v) is 4.94. The van der Waals surface area contributed by atoms with Crippen LogP contribution in [0.1, 0.15) is 30.0 Å². The molecule has 0 fully saturated rings. The molecule has 0 saturated heterocycles. The average Bonchev–Trinajstić information content (AvgIpc) is 2.82. The van der Waals surface area contributed by atoms with E-state index >= 15 is 0 Å². The maximum absolute atomic E-state index is 14.8. The summed E-state index contributed by atoms with van der Waals surface area (Å²) in [5.41, 5.74) is 1.85. The fourth-order valence-corrected chi connectivity index (χ4v) is 3.18. The van der Waals surface area contributed by atoms with Gasteiger partial charge in [-0.3, -0.25) is 0 Å². The average molecular weight is 442 g/mol. The van der Waals surface area contributed by atoms with E-state index < -0.39 is 11.6 Å². The Kier molecular flexibility index (Phi) is 8.65. The molecule has 0 aliphatic carbocycles. The maximum Gasteiger partial charge on any atom is 0.133 e. The van der Waals surface area contributed by atoms with Gasteiger partial charge in [-0.2, -0.15) is 0 Å². The van der Waals surface area contributed by atoms with E-state index in [1.54, 1.807) is 12.2 Å². The van der Waals surface area contributed by atoms with Gasteiger partial charge in [0.05, 0.1) is 11.3 Å². The van der Waals surface area contributed by atoms with Gasteiger partial charge >= 0.3 is 0 Å². The van der Waals surface area contributed by atoms with E-state index in [-0.39, 0.29) is 29.0 Å². The van der Waals surface area contributed by atoms with Gasteiger partial charge in [0.1, 0.15) is 38.5 Å². The fourth-order valence-electron chi connectivity index (χ4n) is 3.18. The molecule has 3 aromatic carbocycles. The van der Waals surface area contributed by atoms with E-state index in [1.165, 1.54) is 0 Å². The number of allylic oxidation sites excluding steroid dienone is 4. The molecule has 2 nitrogen and oxygen atoms in total. The minimum Gasteiger partial charge on any atom is -0.493 e. The minimum atomic E-state index is -0.792. The molecule has 0 bridgehead atoms. The molecule has 0 spiro atoms. The van der Waals surface area contributed by atoms with Gasteiger partial charge in [0.25, 0.3) is 0 Å². The Hall–Kier alpha value is -3.60. The van der Waals surface area contributed by atoms with Crippen molar-refractivity contribution in [1.82, 2.24) is 0 Å². The van der Waals surface area contributed by atoms with E-state index in [4.69, 9.17) is 17.3 Å². The monoisotopic (exact) mass is 442 g/mol. The zero-order valence-corrected chi connectivity index (χ0v) is 18.6. The van der Waals surface area contributed by atoms with Gasteiger partial charge in [-0.15, -0.1) is 0 Å². The molecule has 166 valence electrons. The van der Waals surface area contributed by atoms with Gasteiger partial charge in [0.15, 0.2) is 0 Å². The molecule has 0 aromatic heterocycles. The normalized spacial score (nSPS) is 11.8. The van der Waals surface area contributed by atoms with E-state index in [1.807, 2.05) is 67.6 Å². The Bertz CT molecular complexity index is 1120. The van der Waals surface area contributed by atoms with E-state index in [0.717, 1.165) is 23.3 Å². The highest BCUT2D eigenvalue weighted by Gasteiger charge is 2.18. The third-order valence-electron chi connectivity index (χ3n) is 4.94. The zero-order valence-electron chi connectivity index (χ0n) is 18.6. The van der Waals surface area contributed by atoms with Crippen LogP contribution in [-0.4, -0.2) is 7.85 Å². The Morgan fingerprint density at radius 1 is 0.848 bits per heavy atom. The molecular weight excluding hydrogens is 417 g/mol. The lowest BCUT2D eigenvalue weighted by Gasteiger charge is -2.15. The number of hydrogen-bond donors (Lipinski definition) is 0. The van der Waals surface area contributed by atoms with Crippen molar-refractivity contribution in [3.05, 3.63) is 131 Å². The van der Waals surface area contributed by atoms with Crippen LogP contribution in [-0.2, 0) is 22.7 Å². The van der Waals surface area contributed by atoms with Gasteiger partial charge < -0.3 is 9.47 Å². The quantitative estimate of drug-likeness (QED) is 0.206. The highest BCUT2D eigenvalue weighted by Crippen LogP contribution is 2.29. The molecule has 5 heteroatoms. The summed E-state index contributed by atoms with van der Waals surface area (Å²) in [6, 6.07) is 21.4. The standard InChI is InChI=1S/C28H25BF2O2/c1-3-24(33-19-22-12-8-5-9-13-22)14-15-25(28-26(30)16-23(29)17-27(28)31)20(2)32-18-21-10-6-4-7-11-21/h4-17H,2-3,18-19H2,1H3/b24-14+,25-15+. The van der Waals surface area contributed by atoms with Crippen LogP contribution in [0.15, 0.2) is 103 Å². The second-order valence-electron chi connectivity index (χ2n) is 7.40. The van der Waals surface area contributed by atoms with Gasteiger partial charge in [0.2, 0.25) is 0 Å². The Morgan fingerprint density at radius 3 is 1.88 bits per heavy atom. The number of hydrogen-bond acceptors (Lipinski definition) is 2. The molecule has 0 heterocycles. The van der Waals surface area contributed by atoms with Crippen molar-refractivity contribution in [3.63, 3.8) is 0 Å². The summed E-state index contributed by atoms with van der Waals surface area (Å²) in [4.78, 5) is 0. The Labute approximate surface area is 195 Å². The van der Waals surface area contributed by atoms with Crippen molar-refractivity contribution in [3.8, 4) is 0 Å². The van der Waals surface area contributed by atoms with Crippen molar-refractivity contribution < 1.29 is 18.3 Å². The van der Waals surface area contributed by atoms with Crippen molar-refractivity contribution in [2.24, 2.45) is 0 Å². The van der Waals surface area contributed by atoms with Crippen molar-refractivity contribution in [1.29, 1.82) is 0 Å². The predicted molar refractivity (Wildman–Crippen MR) is 130 cm³/mol. The molecule has 3 rings (SSSR count). The lowest BCUT2D eigenvalue weighted by Crippen LogP contribution is -2.09. The number of rotatable bonds is 10. The van der Waals surface area contributed by atoms with E-state index in [9.17, 15) is 8.78 Å². The van der Waals surface area contributed by atoms with Crippen LogP contribution in [0.2, 0.25) is 0 Å².